The van der Waals surface area contributed by atoms with Crippen molar-refractivity contribution in [1.29, 1.82) is 0 Å². The van der Waals surface area contributed by atoms with Crippen molar-refractivity contribution in [1.82, 2.24) is 9.80 Å². The Balaban J connectivity index is 1.26. The molecule has 0 radical (unpaired) electrons. The maximum atomic E-state index is 11.1. The maximum Gasteiger partial charge on any atom is 0.288 e. The summed E-state index contributed by atoms with van der Waals surface area (Å²) in [5.74, 6) is 0. The van der Waals surface area contributed by atoms with Crippen molar-refractivity contribution in [2.24, 2.45) is 0 Å². The molecule has 10 nitrogen and oxygen atoms in total. The van der Waals surface area contributed by atoms with Crippen molar-refractivity contribution in [2.75, 3.05) is 49.3 Å². The van der Waals surface area contributed by atoms with Gasteiger partial charge in [-0.3, -0.25) is 30.0 Å². The van der Waals surface area contributed by atoms with Crippen LogP contribution in [-0.4, -0.2) is 70.2 Å². The Kier molecular flexibility index (Phi) is 8.61. The summed E-state index contributed by atoms with van der Waals surface area (Å²) in [5, 5.41) is 22.5. The molecule has 0 unspecified atom stereocenters. The Morgan fingerprint density at radius 2 is 1.10 bits per heavy atom. The van der Waals surface area contributed by atoms with E-state index < -0.39 is 9.85 Å². The first-order valence-electron chi connectivity index (χ1n) is 13.2. The number of nitrogens with zero attached hydrogens (tertiary/aromatic N) is 6. The lowest BCUT2D eigenvalue weighted by Gasteiger charge is -2.30. The first-order chi connectivity index (χ1) is 18.3. The van der Waals surface area contributed by atoms with Gasteiger partial charge in [-0.1, -0.05) is 29.6 Å². The molecule has 0 saturated carbocycles. The number of nitro benzene ring substituents is 2. The number of benzene rings is 2. The summed E-state index contributed by atoms with van der Waals surface area (Å²) in [6, 6.07) is 9.87. The van der Waals surface area contributed by atoms with E-state index in [0.29, 0.717) is 0 Å². The summed E-state index contributed by atoms with van der Waals surface area (Å²) < 4.78 is 0. The summed E-state index contributed by atoms with van der Waals surface area (Å²) in [6.07, 6.45) is 3.26. The predicted octanol–water partition coefficient (Wildman–Crippen LogP) is 6.40. The van der Waals surface area contributed by atoms with Gasteiger partial charge in [-0.2, -0.15) is 0 Å². The second-order valence-electron chi connectivity index (χ2n) is 11.7. The second kappa shape index (κ2) is 11.4. The molecule has 0 amide bonds. The van der Waals surface area contributed by atoms with Crippen molar-refractivity contribution in [2.45, 2.75) is 58.0 Å². The van der Waals surface area contributed by atoms with Crippen LogP contribution in [0.15, 0.2) is 36.4 Å². The molecule has 2 aliphatic heterocycles. The average Bonchev–Trinajstić information content (AvgIpc) is 3.32. The zero-order chi connectivity index (χ0) is 28.5. The summed E-state index contributed by atoms with van der Waals surface area (Å²) in [5.41, 5.74) is 1.62. The summed E-state index contributed by atoms with van der Waals surface area (Å²) in [7, 11) is 0. The maximum absolute atomic E-state index is 11.1. The van der Waals surface area contributed by atoms with Crippen LogP contribution in [0.4, 0.5) is 22.7 Å². The van der Waals surface area contributed by atoms with Gasteiger partial charge >= 0.3 is 0 Å². The molecule has 2 saturated heterocycles. The van der Waals surface area contributed by atoms with Gasteiger partial charge in [0.15, 0.2) is 0 Å². The van der Waals surface area contributed by atoms with Crippen LogP contribution in [-0.2, 0) is 0 Å². The van der Waals surface area contributed by atoms with E-state index in [1.54, 1.807) is 24.3 Å². The van der Waals surface area contributed by atoms with Gasteiger partial charge < -0.3 is 9.80 Å². The van der Waals surface area contributed by atoms with E-state index in [1.165, 1.54) is 12.1 Å². The standard InChI is InChI=1S/C27H36Cl2N6O4/c1-26(2)16-30(20-8-10-24(34(36)37)22(28)14-20)18-32(26)12-6-5-7-13-33-19-31(17-27(33,3)4)21-9-11-25(35(38)39)23(29)15-21/h8-11,14-15H,5-7,12-13,16-19H2,1-4H3. The van der Waals surface area contributed by atoms with Crippen molar-refractivity contribution in [3.05, 3.63) is 66.7 Å². The van der Waals surface area contributed by atoms with Gasteiger partial charge in [0.1, 0.15) is 10.0 Å². The summed E-state index contributed by atoms with van der Waals surface area (Å²) >= 11 is 12.3. The predicted molar refractivity (Wildman–Crippen MR) is 156 cm³/mol. The molecule has 0 N–H and O–H groups in total. The van der Waals surface area contributed by atoms with Crippen LogP contribution in [0, 0.1) is 20.2 Å². The second-order valence-corrected chi connectivity index (χ2v) is 12.5. The third kappa shape index (κ3) is 6.57. The van der Waals surface area contributed by atoms with E-state index in [1.807, 2.05) is 0 Å². The Morgan fingerprint density at radius 3 is 1.44 bits per heavy atom. The number of halogens is 2. The minimum atomic E-state index is -0.460. The topological polar surface area (TPSA) is 99.2 Å². The number of anilines is 2. The fourth-order valence-corrected chi connectivity index (χ4v) is 6.07. The highest BCUT2D eigenvalue weighted by molar-refractivity contribution is 6.33. The van der Waals surface area contributed by atoms with Crippen LogP contribution < -0.4 is 9.80 Å². The van der Waals surface area contributed by atoms with E-state index in [2.05, 4.69) is 47.3 Å². The Labute approximate surface area is 239 Å². The van der Waals surface area contributed by atoms with E-state index in [0.717, 1.165) is 70.2 Å². The van der Waals surface area contributed by atoms with Gasteiger partial charge in [-0.25, -0.2) is 0 Å². The zero-order valence-corrected chi connectivity index (χ0v) is 24.4. The lowest BCUT2D eigenvalue weighted by Crippen LogP contribution is -2.41. The quantitative estimate of drug-likeness (QED) is 0.181. The highest BCUT2D eigenvalue weighted by Gasteiger charge is 2.38. The molecule has 2 fully saturated rings. The van der Waals surface area contributed by atoms with Crippen LogP contribution in [0.25, 0.3) is 0 Å². The smallest absolute Gasteiger partial charge is 0.288 e. The number of nitro groups is 2. The molecule has 0 bridgehead atoms. The van der Waals surface area contributed by atoms with Gasteiger partial charge in [0.2, 0.25) is 0 Å². The number of hydrogen-bond donors (Lipinski definition) is 0. The van der Waals surface area contributed by atoms with Crippen molar-refractivity contribution in [3.8, 4) is 0 Å². The van der Waals surface area contributed by atoms with Gasteiger partial charge in [0, 0.05) is 60.8 Å². The fraction of sp³-hybridized carbons (Fsp3) is 0.556. The third-order valence-electron chi connectivity index (χ3n) is 7.89. The van der Waals surface area contributed by atoms with Gasteiger partial charge in [-0.05, 0) is 64.8 Å². The van der Waals surface area contributed by atoms with Gasteiger partial charge in [-0.15, -0.1) is 0 Å². The minimum absolute atomic E-state index is 0.0161. The highest BCUT2D eigenvalue weighted by atomic mass is 35.5. The molecule has 0 atom stereocenters. The Morgan fingerprint density at radius 1 is 0.718 bits per heavy atom. The first-order valence-corrected chi connectivity index (χ1v) is 13.9. The number of rotatable bonds is 10. The molecule has 0 aromatic heterocycles. The largest absolute Gasteiger partial charge is 0.357 e. The molecular weight excluding hydrogens is 543 g/mol. The van der Waals surface area contributed by atoms with Crippen molar-refractivity contribution in [3.63, 3.8) is 0 Å². The minimum Gasteiger partial charge on any atom is -0.357 e. The van der Waals surface area contributed by atoms with E-state index in [4.69, 9.17) is 23.2 Å². The molecule has 2 heterocycles. The first kappa shape index (κ1) is 29.3. The van der Waals surface area contributed by atoms with Crippen LogP contribution in [0.5, 0.6) is 0 Å². The summed E-state index contributed by atoms with van der Waals surface area (Å²) in [4.78, 5) is 30.6. The van der Waals surface area contributed by atoms with Gasteiger partial charge in [0.25, 0.3) is 11.4 Å². The highest BCUT2D eigenvalue weighted by Crippen LogP contribution is 2.35. The molecule has 212 valence electrons. The molecule has 0 spiro atoms. The molecule has 39 heavy (non-hydrogen) atoms. The molecule has 2 aromatic rings. The van der Waals surface area contributed by atoms with Gasteiger partial charge in [0.05, 0.1) is 23.2 Å². The molecule has 4 rings (SSSR count). The molecule has 12 heteroatoms. The fourth-order valence-electron chi connectivity index (χ4n) is 5.59. The number of unbranched alkanes of at least 4 members (excludes halogenated alkanes) is 2. The van der Waals surface area contributed by atoms with Crippen LogP contribution in [0.3, 0.4) is 0 Å². The van der Waals surface area contributed by atoms with Crippen LogP contribution >= 0.6 is 23.2 Å². The van der Waals surface area contributed by atoms with Crippen LogP contribution in [0.1, 0.15) is 47.0 Å². The Bertz CT molecular complexity index is 1150. The summed E-state index contributed by atoms with van der Waals surface area (Å²) in [6.45, 7) is 14.0. The lowest BCUT2D eigenvalue weighted by molar-refractivity contribution is -0.384. The zero-order valence-electron chi connectivity index (χ0n) is 22.9. The van der Waals surface area contributed by atoms with E-state index >= 15 is 0 Å². The van der Waals surface area contributed by atoms with Crippen LogP contribution in [0.2, 0.25) is 10.0 Å². The molecule has 2 aliphatic rings. The number of hydrogen-bond acceptors (Lipinski definition) is 8. The molecule has 2 aromatic carbocycles. The molecular formula is C27H36Cl2N6O4. The average molecular weight is 580 g/mol. The SMILES string of the molecule is CC1(C)CN(c2ccc([N+](=O)[O-])c(Cl)c2)CN1CCCCCN1CN(c2ccc([N+](=O)[O-])c(Cl)c2)CC1(C)C. The normalized spacial score (nSPS) is 19.1. The molecule has 0 aliphatic carbocycles. The van der Waals surface area contributed by atoms with E-state index in [-0.39, 0.29) is 32.5 Å². The van der Waals surface area contributed by atoms with Crippen molar-refractivity contribution < 1.29 is 9.85 Å². The van der Waals surface area contributed by atoms with E-state index in [9.17, 15) is 20.2 Å². The van der Waals surface area contributed by atoms with Crippen molar-refractivity contribution >= 4 is 46.0 Å². The lowest BCUT2D eigenvalue weighted by atomic mass is 10.0. The third-order valence-corrected chi connectivity index (χ3v) is 8.50. The Hall–Kier alpha value is -2.66. The monoisotopic (exact) mass is 578 g/mol.